The Morgan fingerprint density at radius 3 is 3.13 bits per heavy atom. The number of thiophene rings is 1. The van der Waals surface area contributed by atoms with Gasteiger partial charge in [-0.25, -0.2) is 9.97 Å². The third kappa shape index (κ3) is 2.94. The Labute approximate surface area is 142 Å². The molecule has 0 spiro atoms. The van der Waals surface area contributed by atoms with Crippen LogP contribution in [0.5, 0.6) is 0 Å². The quantitative estimate of drug-likeness (QED) is 0.789. The standard InChI is InChI=1S/C16H16N4OS2/c21-16(12-10-23-15(19-12)13-4-2-8-22-13)20-7-1-3-11(9-20)14-17-5-6-18-14/h2,4-6,8,10-11H,1,3,7,9H2,(H,17,18)/t11-/m1/s1. The number of carbonyl (C=O) groups is 1. The van der Waals surface area contributed by atoms with Gasteiger partial charge in [-0.15, -0.1) is 22.7 Å². The van der Waals surface area contributed by atoms with Gasteiger partial charge >= 0.3 is 0 Å². The summed E-state index contributed by atoms with van der Waals surface area (Å²) >= 11 is 3.18. The highest BCUT2D eigenvalue weighted by atomic mass is 32.1. The van der Waals surface area contributed by atoms with Crippen LogP contribution in [0.1, 0.15) is 35.1 Å². The van der Waals surface area contributed by atoms with E-state index in [1.54, 1.807) is 17.5 Å². The smallest absolute Gasteiger partial charge is 0.273 e. The second-order valence-corrected chi connectivity index (χ2v) is 7.39. The van der Waals surface area contributed by atoms with Crippen LogP contribution in [-0.2, 0) is 0 Å². The molecule has 3 aromatic heterocycles. The van der Waals surface area contributed by atoms with Gasteiger partial charge in [-0.1, -0.05) is 6.07 Å². The van der Waals surface area contributed by atoms with Crippen molar-refractivity contribution >= 4 is 28.6 Å². The van der Waals surface area contributed by atoms with Crippen molar-refractivity contribution in [1.29, 1.82) is 0 Å². The van der Waals surface area contributed by atoms with Gasteiger partial charge in [-0.2, -0.15) is 0 Å². The van der Waals surface area contributed by atoms with Crippen LogP contribution in [0.25, 0.3) is 9.88 Å². The lowest BCUT2D eigenvalue weighted by molar-refractivity contribution is 0.0699. The van der Waals surface area contributed by atoms with Crippen molar-refractivity contribution in [3.05, 3.63) is 46.8 Å². The summed E-state index contributed by atoms with van der Waals surface area (Å²) in [5.41, 5.74) is 0.554. The third-order valence-corrected chi connectivity index (χ3v) is 5.95. The topological polar surface area (TPSA) is 61.9 Å². The SMILES string of the molecule is O=C(c1csc(-c2cccs2)n1)N1CCC[C@@H](c2ncc[nH]2)C1. The third-order valence-electron chi connectivity index (χ3n) is 4.07. The Morgan fingerprint density at radius 2 is 2.35 bits per heavy atom. The number of H-pyrrole nitrogens is 1. The molecule has 0 saturated carbocycles. The van der Waals surface area contributed by atoms with Crippen molar-refractivity contribution in [2.75, 3.05) is 13.1 Å². The number of imidazole rings is 1. The van der Waals surface area contributed by atoms with Crippen LogP contribution < -0.4 is 0 Å². The number of rotatable bonds is 3. The molecule has 1 atom stereocenters. The summed E-state index contributed by atoms with van der Waals surface area (Å²) in [6, 6.07) is 4.03. The van der Waals surface area contributed by atoms with E-state index in [1.807, 2.05) is 34.0 Å². The molecule has 0 radical (unpaired) electrons. The number of nitrogens with one attached hydrogen (secondary N) is 1. The first-order chi connectivity index (χ1) is 11.3. The van der Waals surface area contributed by atoms with Gasteiger partial charge in [0.1, 0.15) is 16.5 Å². The average molecular weight is 344 g/mol. The zero-order valence-corrected chi connectivity index (χ0v) is 14.1. The summed E-state index contributed by atoms with van der Waals surface area (Å²) in [6.07, 6.45) is 5.67. The second kappa shape index (κ2) is 6.25. The lowest BCUT2D eigenvalue weighted by atomic mass is 9.97. The first kappa shape index (κ1) is 14.6. The van der Waals surface area contributed by atoms with Gasteiger partial charge in [-0.3, -0.25) is 4.79 Å². The Morgan fingerprint density at radius 1 is 1.39 bits per heavy atom. The molecule has 3 aromatic rings. The number of hydrogen-bond donors (Lipinski definition) is 1. The van der Waals surface area contributed by atoms with Gasteiger partial charge in [0.2, 0.25) is 0 Å². The molecule has 5 nitrogen and oxygen atoms in total. The maximum Gasteiger partial charge on any atom is 0.273 e. The minimum absolute atomic E-state index is 0.0281. The summed E-state index contributed by atoms with van der Waals surface area (Å²) in [5, 5.41) is 4.81. The Kier molecular flexibility index (Phi) is 3.97. The number of amides is 1. The van der Waals surface area contributed by atoms with Crippen LogP contribution in [0.2, 0.25) is 0 Å². The molecule has 0 aromatic carbocycles. The molecule has 0 aliphatic carbocycles. The zero-order valence-electron chi connectivity index (χ0n) is 12.4. The number of piperidine rings is 1. The van der Waals surface area contributed by atoms with E-state index < -0.39 is 0 Å². The van der Waals surface area contributed by atoms with Crippen LogP contribution in [0.15, 0.2) is 35.3 Å². The van der Waals surface area contributed by atoms with E-state index in [9.17, 15) is 4.79 Å². The highest BCUT2D eigenvalue weighted by Crippen LogP contribution is 2.29. The number of aromatic amines is 1. The molecule has 1 aliphatic heterocycles. The molecule has 0 unspecified atom stereocenters. The molecule has 7 heteroatoms. The van der Waals surface area contributed by atoms with E-state index in [1.165, 1.54) is 11.3 Å². The molecule has 4 rings (SSSR count). The van der Waals surface area contributed by atoms with Crippen LogP contribution >= 0.6 is 22.7 Å². The maximum absolute atomic E-state index is 12.7. The van der Waals surface area contributed by atoms with Crippen molar-refractivity contribution in [3.63, 3.8) is 0 Å². The summed E-state index contributed by atoms with van der Waals surface area (Å²) in [5.74, 6) is 1.29. The zero-order chi connectivity index (χ0) is 15.6. The molecule has 23 heavy (non-hydrogen) atoms. The number of aromatic nitrogens is 3. The van der Waals surface area contributed by atoms with E-state index in [0.717, 1.165) is 35.1 Å². The van der Waals surface area contributed by atoms with Crippen LogP contribution in [0, 0.1) is 0 Å². The van der Waals surface area contributed by atoms with Crippen LogP contribution in [0.3, 0.4) is 0 Å². The van der Waals surface area contributed by atoms with E-state index >= 15 is 0 Å². The molecular formula is C16H16N4OS2. The van der Waals surface area contributed by atoms with Gasteiger partial charge in [0.05, 0.1) is 4.88 Å². The fourth-order valence-corrected chi connectivity index (χ4v) is 4.54. The minimum atomic E-state index is 0.0281. The largest absolute Gasteiger partial charge is 0.348 e. The molecule has 1 amide bonds. The normalized spacial score (nSPS) is 18.3. The Bertz CT molecular complexity index is 779. The highest BCUT2D eigenvalue weighted by Gasteiger charge is 2.28. The molecule has 4 heterocycles. The summed E-state index contributed by atoms with van der Waals surface area (Å²) in [4.78, 5) is 27.8. The van der Waals surface area contributed by atoms with Gasteiger partial charge in [0.15, 0.2) is 0 Å². The summed E-state index contributed by atoms with van der Waals surface area (Å²) in [7, 11) is 0. The van der Waals surface area contributed by atoms with Gasteiger partial charge in [0, 0.05) is 36.8 Å². The monoisotopic (exact) mass is 344 g/mol. The number of thiazole rings is 1. The number of hydrogen-bond acceptors (Lipinski definition) is 5. The van der Waals surface area contributed by atoms with E-state index in [4.69, 9.17) is 0 Å². The highest BCUT2D eigenvalue weighted by molar-refractivity contribution is 7.20. The van der Waals surface area contributed by atoms with Crippen molar-refractivity contribution in [2.24, 2.45) is 0 Å². The molecular weight excluding hydrogens is 328 g/mol. The van der Waals surface area contributed by atoms with Crippen molar-refractivity contribution in [3.8, 4) is 9.88 Å². The maximum atomic E-state index is 12.7. The first-order valence-electron chi connectivity index (χ1n) is 7.59. The minimum Gasteiger partial charge on any atom is -0.348 e. The van der Waals surface area contributed by atoms with E-state index in [2.05, 4.69) is 15.0 Å². The number of likely N-dealkylation sites (tertiary alicyclic amines) is 1. The first-order valence-corrected chi connectivity index (χ1v) is 9.35. The fourth-order valence-electron chi connectivity index (χ4n) is 2.93. The molecule has 1 aliphatic rings. The predicted molar refractivity (Wildman–Crippen MR) is 91.9 cm³/mol. The molecule has 118 valence electrons. The van der Waals surface area contributed by atoms with E-state index in [-0.39, 0.29) is 11.8 Å². The molecule has 1 N–H and O–H groups in total. The van der Waals surface area contributed by atoms with Crippen molar-refractivity contribution < 1.29 is 4.79 Å². The average Bonchev–Trinajstić information content (AvgIpc) is 3.36. The number of carbonyl (C=O) groups excluding carboxylic acids is 1. The lowest BCUT2D eigenvalue weighted by Gasteiger charge is -2.31. The molecule has 1 fully saturated rings. The predicted octanol–water partition coefficient (Wildman–Crippen LogP) is 3.61. The molecule has 0 bridgehead atoms. The Hall–Kier alpha value is -1.99. The van der Waals surface area contributed by atoms with Crippen molar-refractivity contribution in [2.45, 2.75) is 18.8 Å². The van der Waals surface area contributed by atoms with Gasteiger partial charge in [0.25, 0.3) is 5.91 Å². The second-order valence-electron chi connectivity index (χ2n) is 5.58. The molecule has 1 saturated heterocycles. The van der Waals surface area contributed by atoms with Gasteiger partial charge < -0.3 is 9.88 Å². The van der Waals surface area contributed by atoms with Crippen LogP contribution in [0.4, 0.5) is 0 Å². The fraction of sp³-hybridized carbons (Fsp3) is 0.312. The number of nitrogens with zero attached hydrogens (tertiary/aromatic N) is 3. The summed E-state index contributed by atoms with van der Waals surface area (Å²) in [6.45, 7) is 1.50. The Balaban J connectivity index is 1.50. The van der Waals surface area contributed by atoms with Crippen LogP contribution in [-0.4, -0.2) is 38.8 Å². The van der Waals surface area contributed by atoms with Crippen molar-refractivity contribution in [1.82, 2.24) is 19.9 Å². The lowest BCUT2D eigenvalue weighted by Crippen LogP contribution is -2.39. The van der Waals surface area contributed by atoms with E-state index in [0.29, 0.717) is 12.2 Å². The van der Waals surface area contributed by atoms with Gasteiger partial charge in [-0.05, 0) is 24.3 Å². The summed E-state index contributed by atoms with van der Waals surface area (Å²) < 4.78 is 0.